The van der Waals surface area contributed by atoms with Gasteiger partial charge < -0.3 is 10.1 Å². The van der Waals surface area contributed by atoms with Crippen LogP contribution in [0.5, 0.6) is 5.75 Å². The quantitative estimate of drug-likeness (QED) is 0.463. The lowest BCUT2D eigenvalue weighted by Crippen LogP contribution is -2.51. The summed E-state index contributed by atoms with van der Waals surface area (Å²) in [4.78, 5) is 50.3. The Balaban J connectivity index is 1.56. The Morgan fingerprint density at radius 3 is 2.44 bits per heavy atom. The Morgan fingerprint density at radius 2 is 1.78 bits per heavy atom. The fourth-order valence-electron chi connectivity index (χ4n) is 3.12. The van der Waals surface area contributed by atoms with Gasteiger partial charge in [0.25, 0.3) is 17.7 Å². The highest BCUT2D eigenvalue weighted by molar-refractivity contribution is 6.09. The van der Waals surface area contributed by atoms with E-state index in [2.05, 4.69) is 16.2 Å². The molecule has 0 saturated carbocycles. The molecule has 0 unspecified atom stereocenters. The van der Waals surface area contributed by atoms with E-state index in [1.807, 2.05) is 19.1 Å². The number of aryl methyl sites for hydroxylation is 1. The zero-order chi connectivity index (χ0) is 23.5. The third-order valence-electron chi connectivity index (χ3n) is 5.04. The second-order valence-corrected chi connectivity index (χ2v) is 7.54. The fourth-order valence-corrected chi connectivity index (χ4v) is 3.12. The molecule has 9 nitrogen and oxygen atoms in total. The molecule has 32 heavy (non-hydrogen) atoms. The molecule has 0 bridgehead atoms. The van der Waals surface area contributed by atoms with Gasteiger partial charge in [-0.2, -0.15) is 0 Å². The average molecular weight is 442 g/mol. The summed E-state index contributed by atoms with van der Waals surface area (Å²) < 4.78 is 18.9. The van der Waals surface area contributed by atoms with Crippen molar-refractivity contribution in [2.75, 3.05) is 6.54 Å². The maximum absolute atomic E-state index is 13.6. The minimum absolute atomic E-state index is 0.115. The van der Waals surface area contributed by atoms with Gasteiger partial charge in [-0.1, -0.05) is 42.0 Å². The second-order valence-electron chi connectivity index (χ2n) is 7.54. The number of para-hydroxylation sites is 1. The molecular weight excluding hydrogens is 419 g/mol. The van der Waals surface area contributed by atoms with Crippen LogP contribution < -0.4 is 20.9 Å². The van der Waals surface area contributed by atoms with Gasteiger partial charge >= 0.3 is 6.03 Å². The van der Waals surface area contributed by atoms with Gasteiger partial charge in [0.15, 0.2) is 17.7 Å². The lowest BCUT2D eigenvalue weighted by Gasteiger charge is -2.22. The third-order valence-corrected chi connectivity index (χ3v) is 5.04. The van der Waals surface area contributed by atoms with E-state index in [0.29, 0.717) is 5.56 Å². The predicted octanol–water partition coefficient (Wildman–Crippen LogP) is 1.52. The standard InChI is InChI=1S/C22H23FN4O5/c1-13-8-10-15(11-9-13)22(3)20(30)27(21(31)24-22)12-18(28)25-26-19(29)14(2)32-17-7-5-4-6-16(17)23/h4-11,14H,12H2,1-3H3,(H,24,31)(H,25,28)(H,26,29)/t14-,22-/m1/s1. The van der Waals surface area contributed by atoms with Crippen LogP contribution in [-0.4, -0.2) is 41.3 Å². The van der Waals surface area contributed by atoms with Crippen molar-refractivity contribution in [3.05, 3.63) is 65.5 Å². The molecule has 3 rings (SSSR count). The predicted molar refractivity (Wildman–Crippen MR) is 112 cm³/mol. The Hall–Kier alpha value is -3.95. The Morgan fingerprint density at radius 1 is 1.12 bits per heavy atom. The van der Waals surface area contributed by atoms with Gasteiger partial charge in [0.05, 0.1) is 0 Å². The summed E-state index contributed by atoms with van der Waals surface area (Å²) >= 11 is 0. The maximum Gasteiger partial charge on any atom is 0.325 e. The van der Waals surface area contributed by atoms with E-state index >= 15 is 0 Å². The number of nitrogens with one attached hydrogen (secondary N) is 3. The topological polar surface area (TPSA) is 117 Å². The van der Waals surface area contributed by atoms with E-state index in [-0.39, 0.29) is 5.75 Å². The number of halogens is 1. The van der Waals surface area contributed by atoms with Crippen LogP contribution in [0.25, 0.3) is 0 Å². The Bertz CT molecular complexity index is 1060. The fraction of sp³-hybridized carbons (Fsp3) is 0.273. The summed E-state index contributed by atoms with van der Waals surface area (Å²) in [6.07, 6.45) is -1.12. The van der Waals surface area contributed by atoms with Crippen LogP contribution in [0.1, 0.15) is 25.0 Å². The number of carbonyl (C=O) groups excluding carboxylic acids is 4. The van der Waals surface area contributed by atoms with E-state index < -0.39 is 47.8 Å². The molecule has 0 aliphatic carbocycles. The Kier molecular flexibility index (Phi) is 6.42. The van der Waals surface area contributed by atoms with Crippen molar-refractivity contribution in [2.45, 2.75) is 32.4 Å². The molecule has 1 aliphatic rings. The summed E-state index contributed by atoms with van der Waals surface area (Å²) in [7, 11) is 0. The van der Waals surface area contributed by atoms with Crippen molar-refractivity contribution >= 4 is 23.8 Å². The maximum atomic E-state index is 13.6. The highest BCUT2D eigenvalue weighted by atomic mass is 19.1. The smallest absolute Gasteiger partial charge is 0.325 e. The normalized spacial score (nSPS) is 18.7. The van der Waals surface area contributed by atoms with Crippen molar-refractivity contribution in [3.63, 3.8) is 0 Å². The van der Waals surface area contributed by atoms with Crippen LogP contribution in [0.2, 0.25) is 0 Å². The van der Waals surface area contributed by atoms with E-state index in [1.165, 1.54) is 25.1 Å². The van der Waals surface area contributed by atoms with Crippen LogP contribution in [0.4, 0.5) is 9.18 Å². The van der Waals surface area contributed by atoms with E-state index in [9.17, 15) is 23.6 Å². The molecule has 5 amide bonds. The minimum Gasteiger partial charge on any atom is -0.478 e. The van der Waals surface area contributed by atoms with E-state index in [0.717, 1.165) is 10.5 Å². The largest absolute Gasteiger partial charge is 0.478 e. The van der Waals surface area contributed by atoms with Crippen LogP contribution >= 0.6 is 0 Å². The number of carbonyl (C=O) groups is 4. The highest BCUT2D eigenvalue weighted by Crippen LogP contribution is 2.28. The monoisotopic (exact) mass is 442 g/mol. The molecule has 0 spiro atoms. The van der Waals surface area contributed by atoms with Gasteiger partial charge in [-0.15, -0.1) is 0 Å². The molecule has 1 saturated heterocycles. The summed E-state index contributed by atoms with van der Waals surface area (Å²) in [5, 5.41) is 2.60. The first-order valence-electron chi connectivity index (χ1n) is 9.83. The van der Waals surface area contributed by atoms with Crippen LogP contribution in [0, 0.1) is 12.7 Å². The zero-order valence-electron chi connectivity index (χ0n) is 17.8. The number of rotatable bonds is 6. The average Bonchev–Trinajstić information content (AvgIpc) is 2.97. The number of nitrogens with zero attached hydrogens (tertiary/aromatic N) is 1. The first-order chi connectivity index (χ1) is 15.1. The van der Waals surface area contributed by atoms with Crippen LogP contribution in [-0.2, 0) is 19.9 Å². The van der Waals surface area contributed by atoms with Crippen molar-refractivity contribution < 1.29 is 28.3 Å². The SMILES string of the molecule is Cc1ccc([C@@]2(C)NC(=O)N(CC(=O)NNC(=O)[C@@H](C)Oc3ccccc3F)C2=O)cc1. The molecule has 1 heterocycles. The summed E-state index contributed by atoms with van der Waals surface area (Å²) in [6, 6.07) is 11.9. The lowest BCUT2D eigenvalue weighted by molar-refractivity contribution is -0.136. The van der Waals surface area contributed by atoms with Crippen molar-refractivity contribution in [3.8, 4) is 5.75 Å². The molecule has 2 aromatic rings. The number of benzene rings is 2. The molecule has 0 radical (unpaired) electrons. The van der Waals surface area contributed by atoms with Crippen LogP contribution in [0.15, 0.2) is 48.5 Å². The molecule has 2 atom stereocenters. The molecule has 2 aromatic carbocycles. The van der Waals surface area contributed by atoms with Gasteiger partial charge in [-0.05, 0) is 38.5 Å². The number of hydrogen-bond acceptors (Lipinski definition) is 5. The number of imide groups is 1. The number of urea groups is 1. The zero-order valence-corrected chi connectivity index (χ0v) is 17.8. The highest BCUT2D eigenvalue weighted by Gasteiger charge is 2.49. The van der Waals surface area contributed by atoms with Crippen molar-refractivity contribution in [1.29, 1.82) is 0 Å². The lowest BCUT2D eigenvalue weighted by atomic mass is 9.91. The first kappa shape index (κ1) is 22.7. The molecule has 3 N–H and O–H groups in total. The molecule has 10 heteroatoms. The summed E-state index contributed by atoms with van der Waals surface area (Å²) in [6.45, 7) is 4.22. The van der Waals surface area contributed by atoms with Gasteiger partial charge in [0.2, 0.25) is 0 Å². The molecule has 1 fully saturated rings. The van der Waals surface area contributed by atoms with Gasteiger partial charge in [0, 0.05) is 0 Å². The molecular formula is C22H23FN4O5. The number of hydrogen-bond donors (Lipinski definition) is 3. The minimum atomic E-state index is -1.31. The number of amides is 5. The van der Waals surface area contributed by atoms with E-state index in [1.54, 1.807) is 25.1 Å². The third kappa shape index (κ3) is 4.69. The first-order valence-corrected chi connectivity index (χ1v) is 9.83. The summed E-state index contributed by atoms with van der Waals surface area (Å²) in [5.41, 5.74) is 4.51. The number of hydrazine groups is 1. The summed E-state index contributed by atoms with van der Waals surface area (Å²) in [5.74, 6) is -2.89. The van der Waals surface area contributed by atoms with E-state index in [4.69, 9.17) is 4.74 Å². The Labute approximate surface area is 183 Å². The molecule has 1 aliphatic heterocycles. The van der Waals surface area contributed by atoms with Crippen LogP contribution in [0.3, 0.4) is 0 Å². The second kappa shape index (κ2) is 9.04. The molecule has 0 aromatic heterocycles. The van der Waals surface area contributed by atoms with Gasteiger partial charge in [-0.3, -0.25) is 30.1 Å². The number of ether oxygens (including phenoxy) is 1. The molecule has 168 valence electrons. The van der Waals surface area contributed by atoms with Crippen molar-refractivity contribution in [2.24, 2.45) is 0 Å². The van der Waals surface area contributed by atoms with Gasteiger partial charge in [0.1, 0.15) is 12.1 Å². The van der Waals surface area contributed by atoms with Gasteiger partial charge in [-0.25, -0.2) is 9.18 Å². The van der Waals surface area contributed by atoms with Crippen molar-refractivity contribution in [1.82, 2.24) is 21.1 Å².